The Balaban J connectivity index is 1.32. The normalized spacial score (nSPS) is 19.9. The van der Waals surface area contributed by atoms with Crippen LogP contribution in [0.3, 0.4) is 0 Å². The summed E-state index contributed by atoms with van der Waals surface area (Å²) >= 11 is 0. The SMILES string of the molecule is [2H]c1c([2H])c([2H])c(-c2c([2H])c([2H])c(C3c4c([2H])c([2H])c([2H])c([2H])c4-c4c([2H])c(-c5c([2H])c([2H])c6c(c5[2H])c5c([2H])c([2H])c([2H])c([2H])c5n6-c5c([2H])c([2H])c(-c6c(C)c(C)c(C)c(C)c6C)c(C)c5[2H])c([2H])c([2H])c43)c([2H])c2[2H])c([2H])c1[2H]. The Morgan fingerprint density at radius 2 is 1.00 bits per heavy atom. The van der Waals surface area contributed by atoms with Gasteiger partial charge in [-0.3, -0.25) is 0 Å². The molecule has 1 nitrogen and oxygen atoms in total. The first-order valence-corrected chi connectivity index (χ1v) is 17.8. The maximum Gasteiger partial charge on any atom is 0.0648 e. The molecular formula is C55H45N. The van der Waals surface area contributed by atoms with Gasteiger partial charge in [-0.05, 0) is 172 Å². The summed E-state index contributed by atoms with van der Waals surface area (Å²) in [4.78, 5) is 0. The van der Waals surface area contributed by atoms with Crippen LogP contribution in [0.25, 0.3) is 72.0 Å². The Hall–Kier alpha value is -6.44. The molecule has 0 radical (unpaired) electrons. The molecule has 0 amide bonds. The number of aromatic nitrogens is 1. The van der Waals surface area contributed by atoms with E-state index >= 15 is 0 Å². The lowest BCUT2D eigenvalue weighted by Crippen LogP contribution is -2.01. The van der Waals surface area contributed by atoms with Crippen molar-refractivity contribution in [2.45, 2.75) is 47.5 Å². The third-order valence-electron chi connectivity index (χ3n) is 10.9. The van der Waals surface area contributed by atoms with Crippen LogP contribution in [0.2, 0.25) is 0 Å². The second-order valence-corrected chi connectivity index (χ2v) is 13.8. The molecule has 1 aliphatic carbocycles. The van der Waals surface area contributed by atoms with Crippen molar-refractivity contribution in [2.75, 3.05) is 0 Å². The maximum atomic E-state index is 9.99. The molecule has 0 N–H and O–H groups in total. The van der Waals surface area contributed by atoms with E-state index in [9.17, 15) is 23.3 Å². The minimum absolute atomic E-state index is 0.189. The zero-order chi connectivity index (χ0) is 60.9. The molecule has 0 bridgehead atoms. The summed E-state index contributed by atoms with van der Waals surface area (Å²) in [5.74, 6) is -1.90. The average molecular weight is 746 g/mol. The number of fused-ring (bicyclic) bond motifs is 6. The minimum atomic E-state index is -1.90. The van der Waals surface area contributed by atoms with E-state index < -0.39 is 229 Å². The van der Waals surface area contributed by atoms with Crippen molar-refractivity contribution < 1.29 is 35.6 Å². The fourth-order valence-electron chi connectivity index (χ4n) is 7.68. The van der Waals surface area contributed by atoms with E-state index in [0.29, 0.717) is 5.56 Å². The van der Waals surface area contributed by atoms with Crippen LogP contribution >= 0.6 is 0 Å². The Bertz CT molecular complexity index is 4420. The zero-order valence-corrected chi connectivity index (χ0v) is 31.0. The van der Waals surface area contributed by atoms with Crippen LogP contribution < -0.4 is 0 Å². The first-order chi connectivity index (χ1) is 38.1. The summed E-state index contributed by atoms with van der Waals surface area (Å²) in [6.45, 7) is 11.1. The van der Waals surface area contributed by atoms with Crippen LogP contribution in [0, 0.1) is 41.5 Å². The van der Waals surface area contributed by atoms with Gasteiger partial charge in [-0.2, -0.15) is 0 Å². The quantitative estimate of drug-likeness (QED) is 0.165. The molecule has 1 atom stereocenters. The van der Waals surface area contributed by atoms with E-state index in [-0.39, 0.29) is 23.2 Å². The topological polar surface area (TPSA) is 4.93 Å². The third kappa shape index (κ3) is 5.22. The van der Waals surface area contributed by atoms with Crippen molar-refractivity contribution in [3.8, 4) is 50.2 Å². The van der Waals surface area contributed by atoms with Crippen LogP contribution in [-0.2, 0) is 0 Å². The molecule has 0 spiro atoms. The number of nitrogens with zero attached hydrogens (tertiary/aromatic N) is 1. The molecule has 0 fully saturated rings. The van der Waals surface area contributed by atoms with E-state index in [0.717, 1.165) is 32.4 Å². The van der Waals surface area contributed by atoms with Gasteiger partial charge in [-0.1, -0.05) is 121 Å². The maximum absolute atomic E-state index is 9.99. The van der Waals surface area contributed by atoms with E-state index in [1.54, 1.807) is 6.92 Å². The van der Waals surface area contributed by atoms with Crippen molar-refractivity contribution in [3.63, 3.8) is 0 Å². The van der Waals surface area contributed by atoms with Crippen LogP contribution in [0.1, 0.15) is 91.6 Å². The van der Waals surface area contributed by atoms with Crippen LogP contribution in [0.5, 0.6) is 0 Å². The van der Waals surface area contributed by atoms with Gasteiger partial charge in [0, 0.05) is 22.4 Å². The molecule has 1 aromatic heterocycles. The highest BCUT2D eigenvalue weighted by Crippen LogP contribution is 2.49. The first kappa shape index (κ1) is 16.3. The van der Waals surface area contributed by atoms with Crippen molar-refractivity contribution in [3.05, 3.63) is 207 Å². The highest BCUT2D eigenvalue weighted by Gasteiger charge is 2.30. The summed E-state index contributed by atoms with van der Waals surface area (Å²) in [5.41, 5.74) is -1.30. The van der Waals surface area contributed by atoms with Gasteiger partial charge in [-0.25, -0.2) is 0 Å². The Morgan fingerprint density at radius 1 is 0.411 bits per heavy atom. The standard InChI is InChI=1S/C55H45N/c1-33-30-44(26-28-45(33)54-37(5)35(3)34(2)36(4)38(54)6)56-52-19-13-12-17-47(52)51-32-43(25-29-53(51)56)42-24-27-49-50(31-42)46-16-10-11-18-48(46)55(49)41-22-20-40(21-23-41)39-14-8-7-9-15-39/h7-32,55H,1-6H3/i7D,8D,9D,10D,11D,12D,13D,14D,15D,16D,17D,18D,19D,20D,21D,22D,23D,24D,25D,26D,27D,28D,29D,30D,31D,32D. The molecular weight excluding hydrogens is 675 g/mol. The zero-order valence-electron chi connectivity index (χ0n) is 57.0. The number of rotatable bonds is 5. The van der Waals surface area contributed by atoms with Gasteiger partial charge in [0.05, 0.1) is 46.7 Å². The van der Waals surface area contributed by atoms with Gasteiger partial charge in [0.1, 0.15) is 0 Å². The van der Waals surface area contributed by atoms with Gasteiger partial charge in [0.25, 0.3) is 0 Å². The predicted octanol–water partition coefficient (Wildman–Crippen LogP) is 14.8. The summed E-state index contributed by atoms with van der Waals surface area (Å²) in [6.07, 6.45) is 0. The van der Waals surface area contributed by atoms with Crippen LogP contribution in [0.15, 0.2) is 157 Å². The summed E-state index contributed by atoms with van der Waals surface area (Å²) in [7, 11) is 0. The molecule has 270 valence electrons. The molecule has 1 heteroatoms. The van der Waals surface area contributed by atoms with Crippen molar-refractivity contribution in [1.29, 1.82) is 0 Å². The van der Waals surface area contributed by atoms with Gasteiger partial charge in [-0.15, -0.1) is 0 Å². The fourth-order valence-corrected chi connectivity index (χ4v) is 7.68. The van der Waals surface area contributed by atoms with Gasteiger partial charge in [0.15, 0.2) is 0 Å². The van der Waals surface area contributed by atoms with E-state index in [1.165, 1.54) is 0 Å². The lowest BCUT2D eigenvalue weighted by atomic mass is 9.85. The summed E-state index contributed by atoms with van der Waals surface area (Å²) < 4.78 is 239. The molecule has 0 aliphatic heterocycles. The number of benzene rings is 8. The van der Waals surface area contributed by atoms with Crippen LogP contribution in [-0.4, -0.2) is 4.57 Å². The molecule has 0 saturated carbocycles. The second kappa shape index (κ2) is 13.1. The molecule has 8 aromatic carbocycles. The molecule has 9 aromatic rings. The predicted molar refractivity (Wildman–Crippen MR) is 238 cm³/mol. The monoisotopic (exact) mass is 746 g/mol. The van der Waals surface area contributed by atoms with Gasteiger partial charge < -0.3 is 4.57 Å². The molecule has 0 saturated heterocycles. The summed E-state index contributed by atoms with van der Waals surface area (Å²) in [6, 6.07) is -21.1. The molecule has 56 heavy (non-hydrogen) atoms. The largest absolute Gasteiger partial charge is 0.309 e. The van der Waals surface area contributed by atoms with Crippen molar-refractivity contribution >= 4 is 21.8 Å². The Kier molecular flexibility index (Phi) is 3.82. The molecule has 1 unspecified atom stereocenters. The van der Waals surface area contributed by atoms with Gasteiger partial charge >= 0.3 is 0 Å². The second-order valence-electron chi connectivity index (χ2n) is 13.8. The van der Waals surface area contributed by atoms with E-state index in [1.807, 2.05) is 34.6 Å². The highest BCUT2D eigenvalue weighted by molar-refractivity contribution is 6.10. The highest BCUT2D eigenvalue weighted by atomic mass is 15.0. The Labute approximate surface area is 367 Å². The van der Waals surface area contributed by atoms with Crippen molar-refractivity contribution in [2.24, 2.45) is 0 Å². The van der Waals surface area contributed by atoms with Crippen molar-refractivity contribution in [1.82, 2.24) is 4.57 Å². The van der Waals surface area contributed by atoms with Crippen LogP contribution in [0.4, 0.5) is 0 Å². The first-order valence-electron chi connectivity index (χ1n) is 30.8. The van der Waals surface area contributed by atoms with E-state index in [2.05, 4.69) is 0 Å². The molecule has 1 aliphatic rings. The van der Waals surface area contributed by atoms with Gasteiger partial charge in [0.2, 0.25) is 0 Å². The average Bonchev–Trinajstić information content (AvgIpc) is 1.84. The smallest absolute Gasteiger partial charge is 0.0648 e. The lowest BCUT2D eigenvalue weighted by molar-refractivity contribution is 1.02. The number of para-hydroxylation sites is 1. The minimum Gasteiger partial charge on any atom is -0.309 e. The number of hydrogen-bond donors (Lipinski definition) is 0. The summed E-state index contributed by atoms with van der Waals surface area (Å²) in [5, 5.41) is -0.917. The number of hydrogen-bond acceptors (Lipinski definition) is 0. The molecule has 1 heterocycles. The Morgan fingerprint density at radius 3 is 1.79 bits per heavy atom. The fraction of sp³-hybridized carbons (Fsp3) is 0.127. The lowest BCUT2D eigenvalue weighted by Gasteiger charge is -2.21. The molecule has 10 rings (SSSR count). The van der Waals surface area contributed by atoms with E-state index in [4.69, 9.17) is 12.3 Å². The third-order valence-corrected chi connectivity index (χ3v) is 10.9.